The van der Waals surface area contributed by atoms with Crippen LogP contribution in [0.4, 0.5) is 13.2 Å². The first kappa shape index (κ1) is 16.5. The first-order valence-electron chi connectivity index (χ1n) is 7.68. The van der Waals surface area contributed by atoms with Crippen LogP contribution < -0.4 is 0 Å². The number of likely N-dealkylation sites (tertiary alicyclic amines) is 1. The number of alkyl halides is 3. The molecular formula is C16H16F3N3O2. The molecule has 1 aromatic carbocycles. The van der Waals surface area contributed by atoms with Crippen LogP contribution in [0.15, 0.2) is 28.8 Å². The zero-order chi connectivity index (χ0) is 17.3. The van der Waals surface area contributed by atoms with E-state index in [0.29, 0.717) is 11.1 Å². The molecule has 0 radical (unpaired) electrons. The standard InChI is InChI=1S/C16H16F3N3O2/c1-10-4-2-3-9-22(10)14(23)12-7-5-11(6-8-12)13-20-15(24-21-13)16(17,18)19/h5-8,10H,2-4,9H2,1H3/t10-/m1/s1. The van der Waals surface area contributed by atoms with Crippen molar-refractivity contribution in [1.29, 1.82) is 0 Å². The Hall–Kier alpha value is -2.38. The van der Waals surface area contributed by atoms with Gasteiger partial charge in [0.1, 0.15) is 0 Å². The summed E-state index contributed by atoms with van der Waals surface area (Å²) in [5, 5.41) is 3.33. The van der Waals surface area contributed by atoms with Crippen molar-refractivity contribution in [1.82, 2.24) is 15.0 Å². The summed E-state index contributed by atoms with van der Waals surface area (Å²) < 4.78 is 41.7. The zero-order valence-electron chi connectivity index (χ0n) is 13.0. The van der Waals surface area contributed by atoms with Crippen molar-refractivity contribution in [3.63, 3.8) is 0 Å². The summed E-state index contributed by atoms with van der Waals surface area (Å²) >= 11 is 0. The summed E-state index contributed by atoms with van der Waals surface area (Å²) in [5.41, 5.74) is 0.851. The lowest BCUT2D eigenvalue weighted by Gasteiger charge is -2.33. The van der Waals surface area contributed by atoms with Crippen molar-refractivity contribution in [3.8, 4) is 11.4 Å². The molecule has 24 heavy (non-hydrogen) atoms. The normalized spacial score (nSPS) is 18.7. The SMILES string of the molecule is C[C@@H]1CCCCN1C(=O)c1ccc(-c2noc(C(F)(F)F)n2)cc1. The number of benzene rings is 1. The van der Waals surface area contributed by atoms with Gasteiger partial charge < -0.3 is 9.42 Å². The van der Waals surface area contributed by atoms with Crippen LogP contribution in [0.25, 0.3) is 11.4 Å². The van der Waals surface area contributed by atoms with E-state index in [9.17, 15) is 18.0 Å². The van der Waals surface area contributed by atoms with E-state index in [1.165, 1.54) is 12.1 Å². The fourth-order valence-electron chi connectivity index (χ4n) is 2.78. The highest BCUT2D eigenvalue weighted by molar-refractivity contribution is 5.94. The smallest absolute Gasteiger partial charge is 0.336 e. The lowest BCUT2D eigenvalue weighted by molar-refractivity contribution is -0.159. The molecule has 1 aliphatic rings. The van der Waals surface area contributed by atoms with Crippen LogP contribution in [-0.2, 0) is 6.18 Å². The molecule has 1 atom stereocenters. The molecule has 0 unspecified atom stereocenters. The molecule has 1 aliphatic heterocycles. The summed E-state index contributed by atoms with van der Waals surface area (Å²) in [7, 11) is 0. The van der Waals surface area contributed by atoms with E-state index in [1.54, 1.807) is 12.1 Å². The van der Waals surface area contributed by atoms with Gasteiger partial charge in [-0.1, -0.05) is 17.3 Å². The molecule has 1 fully saturated rings. The van der Waals surface area contributed by atoms with Crippen LogP contribution in [0.3, 0.4) is 0 Å². The molecule has 5 nitrogen and oxygen atoms in total. The summed E-state index contributed by atoms with van der Waals surface area (Å²) in [6.07, 6.45) is -1.60. The number of hydrogen-bond donors (Lipinski definition) is 0. The number of carbonyl (C=O) groups excluding carboxylic acids is 1. The number of nitrogens with zero attached hydrogens (tertiary/aromatic N) is 3. The maximum Gasteiger partial charge on any atom is 0.471 e. The maximum absolute atomic E-state index is 12.5. The Labute approximate surface area is 136 Å². The van der Waals surface area contributed by atoms with Gasteiger partial charge in [0, 0.05) is 23.7 Å². The minimum Gasteiger partial charge on any atom is -0.336 e. The van der Waals surface area contributed by atoms with E-state index < -0.39 is 12.1 Å². The lowest BCUT2D eigenvalue weighted by atomic mass is 10.0. The van der Waals surface area contributed by atoms with Gasteiger partial charge in [-0.3, -0.25) is 4.79 Å². The Morgan fingerprint density at radius 1 is 1.25 bits per heavy atom. The van der Waals surface area contributed by atoms with Gasteiger partial charge in [0.05, 0.1) is 0 Å². The van der Waals surface area contributed by atoms with E-state index in [2.05, 4.69) is 14.7 Å². The number of carbonyl (C=O) groups is 1. The van der Waals surface area contributed by atoms with Crippen molar-refractivity contribution in [2.24, 2.45) is 0 Å². The number of hydrogen-bond acceptors (Lipinski definition) is 4. The third kappa shape index (κ3) is 3.27. The molecule has 1 aromatic heterocycles. The molecule has 0 aliphatic carbocycles. The van der Waals surface area contributed by atoms with E-state index in [-0.39, 0.29) is 17.8 Å². The molecule has 128 valence electrons. The molecule has 0 spiro atoms. The van der Waals surface area contributed by atoms with Crippen molar-refractivity contribution in [2.75, 3.05) is 6.54 Å². The molecule has 0 saturated carbocycles. The number of halogens is 3. The molecule has 8 heteroatoms. The van der Waals surface area contributed by atoms with Gasteiger partial charge in [-0.2, -0.15) is 18.2 Å². The summed E-state index contributed by atoms with van der Waals surface area (Å²) in [6.45, 7) is 2.74. The monoisotopic (exact) mass is 339 g/mol. The lowest BCUT2D eigenvalue weighted by Crippen LogP contribution is -2.41. The zero-order valence-corrected chi connectivity index (χ0v) is 13.0. The number of amides is 1. The number of rotatable bonds is 2. The topological polar surface area (TPSA) is 59.2 Å². The van der Waals surface area contributed by atoms with Gasteiger partial charge >= 0.3 is 12.1 Å². The van der Waals surface area contributed by atoms with Crippen LogP contribution in [0.2, 0.25) is 0 Å². The van der Waals surface area contributed by atoms with Gasteiger partial charge in [-0.25, -0.2) is 0 Å². The Morgan fingerprint density at radius 2 is 1.96 bits per heavy atom. The van der Waals surface area contributed by atoms with Crippen molar-refractivity contribution < 1.29 is 22.5 Å². The van der Waals surface area contributed by atoms with E-state index >= 15 is 0 Å². The van der Waals surface area contributed by atoms with Gasteiger partial charge in [0.15, 0.2) is 0 Å². The predicted molar refractivity (Wildman–Crippen MR) is 79.1 cm³/mol. The molecule has 2 aromatic rings. The van der Waals surface area contributed by atoms with E-state index in [0.717, 1.165) is 25.8 Å². The highest BCUT2D eigenvalue weighted by Crippen LogP contribution is 2.29. The van der Waals surface area contributed by atoms with Crippen LogP contribution >= 0.6 is 0 Å². The Balaban J connectivity index is 1.78. The molecule has 0 N–H and O–H groups in total. The number of aromatic nitrogens is 2. The molecule has 1 saturated heterocycles. The summed E-state index contributed by atoms with van der Waals surface area (Å²) in [5.74, 6) is -1.62. The minimum absolute atomic E-state index is 0.0714. The summed E-state index contributed by atoms with van der Waals surface area (Å²) in [6, 6.07) is 6.38. The highest BCUT2D eigenvalue weighted by atomic mass is 19.4. The largest absolute Gasteiger partial charge is 0.471 e. The minimum atomic E-state index is -4.68. The average Bonchev–Trinajstić information content (AvgIpc) is 3.05. The number of piperidine rings is 1. The van der Waals surface area contributed by atoms with Crippen molar-refractivity contribution in [2.45, 2.75) is 38.4 Å². The third-order valence-corrected chi connectivity index (χ3v) is 4.12. The van der Waals surface area contributed by atoms with Crippen molar-refractivity contribution in [3.05, 3.63) is 35.7 Å². The Morgan fingerprint density at radius 3 is 2.54 bits per heavy atom. The predicted octanol–water partition coefficient (Wildman–Crippen LogP) is 3.77. The van der Waals surface area contributed by atoms with Crippen LogP contribution in [0.5, 0.6) is 0 Å². The Bertz CT molecular complexity index is 725. The highest BCUT2D eigenvalue weighted by Gasteiger charge is 2.38. The fraction of sp³-hybridized carbons (Fsp3) is 0.438. The molecular weight excluding hydrogens is 323 g/mol. The second-order valence-corrected chi connectivity index (χ2v) is 5.84. The van der Waals surface area contributed by atoms with Crippen LogP contribution in [0, 0.1) is 0 Å². The quantitative estimate of drug-likeness (QED) is 0.836. The summed E-state index contributed by atoms with van der Waals surface area (Å²) in [4.78, 5) is 17.7. The second-order valence-electron chi connectivity index (χ2n) is 5.84. The average molecular weight is 339 g/mol. The maximum atomic E-state index is 12.5. The second kappa shape index (κ2) is 6.26. The Kier molecular flexibility index (Phi) is 4.29. The first-order chi connectivity index (χ1) is 11.4. The van der Waals surface area contributed by atoms with Gasteiger partial charge in [-0.05, 0) is 38.3 Å². The van der Waals surface area contributed by atoms with Gasteiger partial charge in [0.25, 0.3) is 5.91 Å². The molecule has 3 rings (SSSR count). The fourth-order valence-corrected chi connectivity index (χ4v) is 2.78. The van der Waals surface area contributed by atoms with E-state index in [1.807, 2.05) is 11.8 Å². The van der Waals surface area contributed by atoms with E-state index in [4.69, 9.17) is 0 Å². The van der Waals surface area contributed by atoms with Crippen LogP contribution in [0.1, 0.15) is 42.4 Å². The van der Waals surface area contributed by atoms with Crippen molar-refractivity contribution >= 4 is 5.91 Å². The van der Waals surface area contributed by atoms with Gasteiger partial charge in [0.2, 0.25) is 5.82 Å². The molecule has 0 bridgehead atoms. The third-order valence-electron chi connectivity index (χ3n) is 4.12. The van der Waals surface area contributed by atoms with Crippen LogP contribution in [-0.4, -0.2) is 33.5 Å². The van der Waals surface area contributed by atoms with Gasteiger partial charge in [-0.15, -0.1) is 0 Å². The molecule has 2 heterocycles. The first-order valence-corrected chi connectivity index (χ1v) is 7.68. The molecule has 1 amide bonds.